The van der Waals surface area contributed by atoms with Gasteiger partial charge in [0.15, 0.2) is 0 Å². The van der Waals surface area contributed by atoms with E-state index >= 15 is 0 Å². The first-order valence-corrected chi connectivity index (χ1v) is 7.72. The fourth-order valence-electron chi connectivity index (χ4n) is 2.50. The Morgan fingerprint density at radius 1 is 1.40 bits per heavy atom. The largest absolute Gasteiger partial charge is 0.396 e. The van der Waals surface area contributed by atoms with Gasteiger partial charge in [0, 0.05) is 30.6 Å². The Morgan fingerprint density at radius 2 is 2.10 bits per heavy atom. The Bertz CT molecular complexity index is 473. The number of hydrogen-bond acceptors (Lipinski definition) is 2. The van der Waals surface area contributed by atoms with Crippen LogP contribution < -0.4 is 0 Å². The number of benzene rings is 1. The van der Waals surface area contributed by atoms with Crippen LogP contribution >= 0.6 is 15.9 Å². The van der Waals surface area contributed by atoms with Gasteiger partial charge in [0.1, 0.15) is 5.82 Å². The van der Waals surface area contributed by atoms with Gasteiger partial charge in [0.05, 0.1) is 0 Å². The number of aryl methyl sites for hydroxylation is 1. The van der Waals surface area contributed by atoms with Crippen LogP contribution in [-0.2, 0) is 11.2 Å². The summed E-state index contributed by atoms with van der Waals surface area (Å²) < 4.78 is 14.0. The lowest BCUT2D eigenvalue weighted by Crippen LogP contribution is -2.39. The topological polar surface area (TPSA) is 40.5 Å². The SMILES string of the molecule is O=C(CCc1cc(F)ccc1Br)N1CCC(CO)CC1. The first-order chi connectivity index (χ1) is 9.60. The molecule has 1 heterocycles. The number of piperidine rings is 1. The number of hydrogen-bond donors (Lipinski definition) is 1. The Hall–Kier alpha value is -0.940. The third-order valence-corrected chi connectivity index (χ3v) is 4.62. The lowest BCUT2D eigenvalue weighted by Gasteiger charge is -2.31. The molecule has 1 aliphatic rings. The molecule has 1 fully saturated rings. The van der Waals surface area contributed by atoms with E-state index in [9.17, 15) is 9.18 Å². The number of carbonyl (C=O) groups excluding carboxylic acids is 1. The summed E-state index contributed by atoms with van der Waals surface area (Å²) in [6.07, 6.45) is 2.67. The molecule has 1 aliphatic heterocycles. The fraction of sp³-hybridized carbons (Fsp3) is 0.533. The highest BCUT2D eigenvalue weighted by Crippen LogP contribution is 2.21. The lowest BCUT2D eigenvalue weighted by molar-refractivity contribution is -0.132. The van der Waals surface area contributed by atoms with Crippen molar-refractivity contribution in [1.82, 2.24) is 4.90 Å². The summed E-state index contributed by atoms with van der Waals surface area (Å²) in [6, 6.07) is 4.53. The van der Waals surface area contributed by atoms with E-state index in [2.05, 4.69) is 15.9 Å². The molecule has 1 N–H and O–H groups in total. The Morgan fingerprint density at radius 3 is 2.75 bits per heavy atom. The molecule has 0 bridgehead atoms. The molecule has 2 rings (SSSR count). The van der Waals surface area contributed by atoms with Gasteiger partial charge in [-0.15, -0.1) is 0 Å². The van der Waals surface area contributed by atoms with E-state index in [1.165, 1.54) is 12.1 Å². The number of aliphatic hydroxyl groups is 1. The minimum Gasteiger partial charge on any atom is -0.396 e. The van der Waals surface area contributed by atoms with Crippen LogP contribution in [-0.4, -0.2) is 35.6 Å². The maximum atomic E-state index is 13.2. The molecule has 0 aromatic heterocycles. The first kappa shape index (κ1) is 15.4. The van der Waals surface area contributed by atoms with E-state index in [1.807, 2.05) is 4.90 Å². The van der Waals surface area contributed by atoms with Crippen molar-refractivity contribution in [3.8, 4) is 0 Å². The van der Waals surface area contributed by atoms with Crippen molar-refractivity contribution in [1.29, 1.82) is 0 Å². The van der Waals surface area contributed by atoms with Gasteiger partial charge in [-0.1, -0.05) is 15.9 Å². The minimum atomic E-state index is -0.278. The number of carbonyl (C=O) groups is 1. The number of halogens is 2. The average molecular weight is 344 g/mol. The molecule has 0 unspecified atom stereocenters. The second-order valence-corrected chi connectivity index (χ2v) is 6.10. The zero-order valence-electron chi connectivity index (χ0n) is 11.3. The highest BCUT2D eigenvalue weighted by atomic mass is 79.9. The van der Waals surface area contributed by atoms with Gasteiger partial charge in [0.25, 0.3) is 0 Å². The molecule has 5 heteroatoms. The van der Waals surface area contributed by atoms with Crippen molar-refractivity contribution in [3.05, 3.63) is 34.1 Å². The van der Waals surface area contributed by atoms with Gasteiger partial charge >= 0.3 is 0 Å². The van der Waals surface area contributed by atoms with Gasteiger partial charge in [-0.25, -0.2) is 4.39 Å². The quantitative estimate of drug-likeness (QED) is 0.913. The number of nitrogens with zero attached hydrogens (tertiary/aromatic N) is 1. The molecule has 3 nitrogen and oxygen atoms in total. The predicted octanol–water partition coefficient (Wildman–Crippen LogP) is 2.75. The highest BCUT2D eigenvalue weighted by Gasteiger charge is 2.22. The first-order valence-electron chi connectivity index (χ1n) is 6.92. The minimum absolute atomic E-state index is 0.109. The fourth-order valence-corrected chi connectivity index (χ4v) is 2.94. The molecule has 1 saturated heterocycles. The van der Waals surface area contributed by atoms with Gasteiger partial charge in [-0.3, -0.25) is 4.79 Å². The monoisotopic (exact) mass is 343 g/mol. The molecule has 0 saturated carbocycles. The van der Waals surface area contributed by atoms with Crippen molar-refractivity contribution in [2.45, 2.75) is 25.7 Å². The third-order valence-electron chi connectivity index (χ3n) is 3.84. The Kier molecular flexibility index (Phi) is 5.54. The molecule has 110 valence electrons. The van der Waals surface area contributed by atoms with Gasteiger partial charge in [-0.05, 0) is 48.9 Å². The molecule has 0 radical (unpaired) electrons. The molecule has 1 amide bonds. The summed E-state index contributed by atoms with van der Waals surface area (Å²) in [5.41, 5.74) is 0.823. The van der Waals surface area contributed by atoms with E-state index < -0.39 is 0 Å². The number of rotatable bonds is 4. The number of amides is 1. The van der Waals surface area contributed by atoms with E-state index in [0.717, 1.165) is 22.9 Å². The van der Waals surface area contributed by atoms with Crippen LogP contribution in [0.2, 0.25) is 0 Å². The lowest BCUT2D eigenvalue weighted by atomic mass is 9.97. The maximum absolute atomic E-state index is 13.2. The van der Waals surface area contributed by atoms with Crippen LogP contribution in [0.5, 0.6) is 0 Å². The normalized spacial score (nSPS) is 16.4. The van der Waals surface area contributed by atoms with Crippen LogP contribution in [0.15, 0.2) is 22.7 Å². The van der Waals surface area contributed by atoms with E-state index in [1.54, 1.807) is 6.07 Å². The summed E-state index contributed by atoms with van der Waals surface area (Å²) in [6.45, 7) is 1.64. The molecule has 0 spiro atoms. The van der Waals surface area contributed by atoms with Crippen molar-refractivity contribution >= 4 is 21.8 Å². The van der Waals surface area contributed by atoms with Crippen LogP contribution in [0.25, 0.3) is 0 Å². The molecular weight excluding hydrogens is 325 g/mol. The molecular formula is C15H19BrFNO2. The van der Waals surface area contributed by atoms with Crippen LogP contribution in [0.3, 0.4) is 0 Å². The second-order valence-electron chi connectivity index (χ2n) is 5.24. The predicted molar refractivity (Wildman–Crippen MR) is 78.8 cm³/mol. The van der Waals surface area contributed by atoms with Crippen molar-refractivity contribution < 1.29 is 14.3 Å². The Balaban J connectivity index is 1.85. The summed E-state index contributed by atoms with van der Waals surface area (Å²) in [5, 5.41) is 9.08. The molecule has 0 aliphatic carbocycles. The van der Waals surface area contributed by atoms with Crippen molar-refractivity contribution in [2.75, 3.05) is 19.7 Å². The van der Waals surface area contributed by atoms with Crippen molar-refractivity contribution in [3.63, 3.8) is 0 Å². The van der Waals surface area contributed by atoms with Crippen LogP contribution in [0, 0.1) is 11.7 Å². The zero-order chi connectivity index (χ0) is 14.5. The van der Waals surface area contributed by atoms with Gasteiger partial charge in [-0.2, -0.15) is 0 Å². The summed E-state index contributed by atoms with van der Waals surface area (Å²) >= 11 is 3.37. The van der Waals surface area contributed by atoms with Gasteiger partial charge < -0.3 is 10.0 Å². The van der Waals surface area contributed by atoms with E-state index in [4.69, 9.17) is 5.11 Å². The Labute approximate surface area is 126 Å². The standard InChI is InChI=1S/C15H19BrFNO2/c16-14-3-2-13(17)9-12(14)1-4-15(20)18-7-5-11(10-19)6-8-18/h2-3,9,11,19H,1,4-8,10H2. The zero-order valence-corrected chi connectivity index (χ0v) is 12.9. The second kappa shape index (κ2) is 7.18. The van der Waals surface area contributed by atoms with Crippen molar-refractivity contribution in [2.24, 2.45) is 5.92 Å². The molecule has 0 atom stereocenters. The number of aliphatic hydroxyl groups excluding tert-OH is 1. The summed E-state index contributed by atoms with van der Waals surface area (Å²) in [4.78, 5) is 14.0. The van der Waals surface area contributed by atoms with E-state index in [-0.39, 0.29) is 18.3 Å². The van der Waals surface area contributed by atoms with E-state index in [0.29, 0.717) is 31.8 Å². The van der Waals surface area contributed by atoms with Gasteiger partial charge in [0.2, 0.25) is 5.91 Å². The maximum Gasteiger partial charge on any atom is 0.222 e. The third kappa shape index (κ3) is 4.03. The van der Waals surface area contributed by atoms with Crippen LogP contribution in [0.4, 0.5) is 4.39 Å². The summed E-state index contributed by atoms with van der Waals surface area (Å²) in [7, 11) is 0. The van der Waals surface area contributed by atoms with Crippen LogP contribution in [0.1, 0.15) is 24.8 Å². The summed E-state index contributed by atoms with van der Waals surface area (Å²) in [5.74, 6) is 0.161. The molecule has 1 aromatic rings. The number of likely N-dealkylation sites (tertiary alicyclic amines) is 1. The average Bonchev–Trinajstić information content (AvgIpc) is 2.48. The smallest absolute Gasteiger partial charge is 0.222 e. The molecule has 20 heavy (non-hydrogen) atoms. The highest BCUT2D eigenvalue weighted by molar-refractivity contribution is 9.10. The molecule has 1 aromatic carbocycles.